The molecule has 2 saturated heterocycles. The first-order chi connectivity index (χ1) is 12.1. The third-order valence-corrected chi connectivity index (χ3v) is 5.03. The van der Waals surface area contributed by atoms with Crippen LogP contribution in [0.3, 0.4) is 0 Å². The van der Waals surface area contributed by atoms with Crippen molar-refractivity contribution in [1.29, 1.82) is 0 Å². The number of morpholine rings is 1. The summed E-state index contributed by atoms with van der Waals surface area (Å²) in [4.78, 5) is 28.7. The van der Waals surface area contributed by atoms with E-state index in [9.17, 15) is 9.59 Å². The number of halogens is 1. The van der Waals surface area contributed by atoms with Crippen LogP contribution in [-0.2, 0) is 9.53 Å². The number of nitrogens with one attached hydrogen (secondary N) is 1. The number of carbonyl (C=O) groups is 2. The summed E-state index contributed by atoms with van der Waals surface area (Å²) in [7, 11) is 0. The van der Waals surface area contributed by atoms with Crippen LogP contribution in [0.25, 0.3) is 0 Å². The Hall–Kier alpha value is -1.63. The number of nitrogens with zero attached hydrogens (tertiary/aromatic N) is 2. The van der Waals surface area contributed by atoms with Crippen LogP contribution in [0, 0.1) is 0 Å². The lowest BCUT2D eigenvalue weighted by Gasteiger charge is -2.32. The highest BCUT2D eigenvalue weighted by molar-refractivity contribution is 6.31. The number of hydrogen-bond donors (Lipinski definition) is 1. The molecule has 2 aliphatic rings. The Morgan fingerprint density at radius 1 is 1.32 bits per heavy atom. The summed E-state index contributed by atoms with van der Waals surface area (Å²) in [6, 6.07) is 5.31. The molecule has 0 spiro atoms. The number of anilines is 1. The molecule has 1 N–H and O–H groups in total. The van der Waals surface area contributed by atoms with E-state index in [2.05, 4.69) is 17.1 Å². The zero-order chi connectivity index (χ0) is 17.8. The van der Waals surface area contributed by atoms with E-state index in [-0.39, 0.29) is 17.9 Å². The van der Waals surface area contributed by atoms with Crippen LogP contribution in [0.15, 0.2) is 18.2 Å². The molecular weight excluding hydrogens is 342 g/mol. The summed E-state index contributed by atoms with van der Waals surface area (Å²) in [5, 5.41) is 3.51. The van der Waals surface area contributed by atoms with Crippen molar-refractivity contribution in [3.63, 3.8) is 0 Å². The number of hydrogen-bond acceptors (Lipinski definition) is 4. The maximum absolute atomic E-state index is 12.7. The summed E-state index contributed by atoms with van der Waals surface area (Å²) in [6.45, 7) is 6.50. The summed E-state index contributed by atoms with van der Waals surface area (Å²) in [5.74, 6) is -0.135. The molecule has 2 fully saturated rings. The molecule has 3 rings (SSSR count). The molecule has 1 aromatic carbocycles. The Morgan fingerprint density at radius 2 is 2.08 bits per heavy atom. The third kappa shape index (κ3) is 4.32. The van der Waals surface area contributed by atoms with Crippen molar-refractivity contribution >= 4 is 29.1 Å². The highest BCUT2D eigenvalue weighted by Crippen LogP contribution is 2.28. The van der Waals surface area contributed by atoms with Crippen LogP contribution >= 0.6 is 11.6 Å². The fourth-order valence-electron chi connectivity index (χ4n) is 3.31. The van der Waals surface area contributed by atoms with E-state index in [0.717, 1.165) is 32.7 Å². The molecule has 1 unspecified atom stereocenters. The molecule has 2 heterocycles. The highest BCUT2D eigenvalue weighted by Gasteiger charge is 2.26. The molecule has 136 valence electrons. The SMILES string of the molecule is CC(CNC(=O)c1ccc(Cl)cc1N1CCCC1=O)N1CCOCC1. The second-order valence-electron chi connectivity index (χ2n) is 6.52. The molecule has 2 amide bonds. The van der Waals surface area contributed by atoms with E-state index >= 15 is 0 Å². The number of amides is 2. The maximum atomic E-state index is 12.7. The van der Waals surface area contributed by atoms with Gasteiger partial charge in [-0.1, -0.05) is 11.6 Å². The van der Waals surface area contributed by atoms with Gasteiger partial charge in [0, 0.05) is 43.7 Å². The van der Waals surface area contributed by atoms with E-state index < -0.39 is 0 Å². The Morgan fingerprint density at radius 3 is 2.76 bits per heavy atom. The topological polar surface area (TPSA) is 61.9 Å². The fraction of sp³-hybridized carbons (Fsp3) is 0.556. The molecule has 6 nitrogen and oxygen atoms in total. The molecule has 0 saturated carbocycles. The van der Waals surface area contributed by atoms with E-state index in [0.29, 0.717) is 35.8 Å². The maximum Gasteiger partial charge on any atom is 0.253 e. The zero-order valence-electron chi connectivity index (χ0n) is 14.5. The van der Waals surface area contributed by atoms with E-state index in [1.165, 1.54) is 0 Å². The minimum atomic E-state index is -0.175. The number of benzene rings is 1. The van der Waals surface area contributed by atoms with Gasteiger partial charge in [-0.05, 0) is 31.5 Å². The van der Waals surface area contributed by atoms with Crippen LogP contribution in [0.5, 0.6) is 0 Å². The van der Waals surface area contributed by atoms with Crippen molar-refractivity contribution in [3.05, 3.63) is 28.8 Å². The predicted octanol–water partition coefficient (Wildman–Crippen LogP) is 1.92. The Balaban J connectivity index is 1.68. The van der Waals surface area contributed by atoms with Gasteiger partial charge in [-0.2, -0.15) is 0 Å². The number of carbonyl (C=O) groups excluding carboxylic acids is 2. The highest BCUT2D eigenvalue weighted by atomic mass is 35.5. The Labute approximate surface area is 153 Å². The molecule has 0 radical (unpaired) electrons. The lowest BCUT2D eigenvalue weighted by molar-refractivity contribution is -0.117. The van der Waals surface area contributed by atoms with Crippen LogP contribution in [0.1, 0.15) is 30.1 Å². The van der Waals surface area contributed by atoms with Gasteiger partial charge in [0.2, 0.25) is 5.91 Å². The van der Waals surface area contributed by atoms with Crippen LogP contribution in [-0.4, -0.2) is 62.1 Å². The molecule has 0 aliphatic carbocycles. The van der Waals surface area contributed by atoms with Gasteiger partial charge in [0.25, 0.3) is 5.91 Å². The first-order valence-corrected chi connectivity index (χ1v) is 9.14. The fourth-order valence-corrected chi connectivity index (χ4v) is 3.47. The summed E-state index contributed by atoms with van der Waals surface area (Å²) >= 11 is 6.09. The Bertz CT molecular complexity index is 646. The van der Waals surface area contributed by atoms with Gasteiger partial charge >= 0.3 is 0 Å². The van der Waals surface area contributed by atoms with Crippen molar-refractivity contribution in [1.82, 2.24) is 10.2 Å². The molecular formula is C18H24ClN3O3. The van der Waals surface area contributed by atoms with Crippen molar-refractivity contribution in [2.45, 2.75) is 25.8 Å². The van der Waals surface area contributed by atoms with Gasteiger partial charge in [0.1, 0.15) is 0 Å². The van der Waals surface area contributed by atoms with Gasteiger partial charge in [-0.3, -0.25) is 14.5 Å². The molecule has 7 heteroatoms. The van der Waals surface area contributed by atoms with Gasteiger partial charge in [0.05, 0.1) is 24.5 Å². The average Bonchev–Trinajstić information content (AvgIpc) is 3.06. The minimum absolute atomic E-state index is 0.0398. The molecule has 0 bridgehead atoms. The first kappa shape index (κ1) is 18.2. The summed E-state index contributed by atoms with van der Waals surface area (Å²) in [6.07, 6.45) is 1.32. The van der Waals surface area contributed by atoms with Gasteiger partial charge in [-0.25, -0.2) is 0 Å². The van der Waals surface area contributed by atoms with Gasteiger partial charge in [-0.15, -0.1) is 0 Å². The lowest BCUT2D eigenvalue weighted by atomic mass is 10.1. The van der Waals surface area contributed by atoms with Crippen molar-refractivity contribution in [2.24, 2.45) is 0 Å². The smallest absolute Gasteiger partial charge is 0.253 e. The zero-order valence-corrected chi connectivity index (χ0v) is 15.2. The minimum Gasteiger partial charge on any atom is -0.379 e. The lowest BCUT2D eigenvalue weighted by Crippen LogP contribution is -2.47. The van der Waals surface area contributed by atoms with E-state index in [1.54, 1.807) is 23.1 Å². The predicted molar refractivity (Wildman–Crippen MR) is 97.2 cm³/mol. The van der Waals surface area contributed by atoms with Crippen molar-refractivity contribution in [3.8, 4) is 0 Å². The number of ether oxygens (including phenoxy) is 1. The van der Waals surface area contributed by atoms with E-state index in [4.69, 9.17) is 16.3 Å². The third-order valence-electron chi connectivity index (χ3n) is 4.80. The van der Waals surface area contributed by atoms with Crippen molar-refractivity contribution < 1.29 is 14.3 Å². The Kier molecular flexibility index (Phi) is 5.93. The van der Waals surface area contributed by atoms with Crippen LogP contribution in [0.4, 0.5) is 5.69 Å². The first-order valence-electron chi connectivity index (χ1n) is 8.76. The molecule has 0 aromatic heterocycles. The second kappa shape index (κ2) is 8.17. The normalized spacial score (nSPS) is 19.9. The van der Waals surface area contributed by atoms with Gasteiger partial charge < -0.3 is 15.0 Å². The monoisotopic (exact) mass is 365 g/mol. The largest absolute Gasteiger partial charge is 0.379 e. The standard InChI is InChI=1S/C18H24ClN3O3/c1-13(21-7-9-25-10-8-21)12-20-18(24)15-5-4-14(19)11-16(15)22-6-2-3-17(22)23/h4-5,11,13H,2-3,6-10,12H2,1H3,(H,20,24). The van der Waals surface area contributed by atoms with E-state index in [1.807, 2.05) is 0 Å². The molecule has 25 heavy (non-hydrogen) atoms. The average molecular weight is 366 g/mol. The van der Waals surface area contributed by atoms with Crippen LogP contribution in [0.2, 0.25) is 5.02 Å². The van der Waals surface area contributed by atoms with Crippen molar-refractivity contribution in [2.75, 3.05) is 44.3 Å². The molecule has 1 atom stereocenters. The van der Waals surface area contributed by atoms with Gasteiger partial charge in [0.15, 0.2) is 0 Å². The summed E-state index contributed by atoms with van der Waals surface area (Å²) < 4.78 is 5.36. The second-order valence-corrected chi connectivity index (χ2v) is 6.95. The van der Waals surface area contributed by atoms with Crippen LogP contribution < -0.4 is 10.2 Å². The quantitative estimate of drug-likeness (QED) is 0.866. The number of rotatable bonds is 5. The summed E-state index contributed by atoms with van der Waals surface area (Å²) in [5.41, 5.74) is 1.10. The molecule has 1 aromatic rings. The molecule has 2 aliphatic heterocycles.